The SMILES string of the molecule is C[C@@H](O)[C@H](NCC1CCC2(CN(CN(C)C(=O)[C@@H](NCC3CCC4(CN(OCc5ccccc5)C4=O)N3C(=O)OC(C)(C)C)[C@@H](C)O)C2=O)N1C(=O)OC(C)(C)C)C(N)=O. The lowest BCUT2D eigenvalue weighted by Gasteiger charge is -2.52. The zero-order valence-corrected chi connectivity index (χ0v) is 36.3. The summed E-state index contributed by atoms with van der Waals surface area (Å²) in [7, 11) is 1.50. The lowest BCUT2D eigenvalue weighted by Crippen LogP contribution is -2.75. The van der Waals surface area contributed by atoms with Crippen molar-refractivity contribution in [3.8, 4) is 0 Å². The number of β-lactam (4-membered cyclic amide) rings is 2. The summed E-state index contributed by atoms with van der Waals surface area (Å²) in [5.74, 6) is -2.04. The molecule has 6 N–H and O–H groups in total. The molecule has 19 heteroatoms. The predicted molar refractivity (Wildman–Crippen MR) is 216 cm³/mol. The summed E-state index contributed by atoms with van der Waals surface area (Å²) >= 11 is 0. The van der Waals surface area contributed by atoms with E-state index < -0.39 is 88.6 Å². The fourth-order valence-electron chi connectivity index (χ4n) is 8.58. The van der Waals surface area contributed by atoms with Crippen LogP contribution in [0.15, 0.2) is 30.3 Å². The number of primary amides is 1. The Bertz CT molecular complexity index is 1770. The highest BCUT2D eigenvalue weighted by molar-refractivity contribution is 5.97. The quantitative estimate of drug-likeness (QED) is 0.153. The number of ether oxygens (including phenoxy) is 2. The topological polar surface area (TPSA) is 237 Å². The van der Waals surface area contributed by atoms with Gasteiger partial charge in [0, 0.05) is 32.2 Å². The van der Waals surface area contributed by atoms with Crippen LogP contribution in [0.5, 0.6) is 0 Å². The molecule has 334 valence electrons. The second-order valence-electron chi connectivity index (χ2n) is 18.6. The van der Waals surface area contributed by atoms with Gasteiger partial charge >= 0.3 is 12.2 Å². The van der Waals surface area contributed by atoms with Gasteiger partial charge in [0.1, 0.15) is 41.0 Å². The highest BCUT2D eigenvalue weighted by Gasteiger charge is 2.65. The summed E-state index contributed by atoms with van der Waals surface area (Å²) in [4.78, 5) is 92.4. The molecule has 0 radical (unpaired) electrons. The van der Waals surface area contributed by atoms with Crippen molar-refractivity contribution in [1.29, 1.82) is 0 Å². The van der Waals surface area contributed by atoms with Crippen LogP contribution in [0.1, 0.15) is 86.6 Å². The van der Waals surface area contributed by atoms with Crippen LogP contribution in [-0.2, 0) is 40.1 Å². The van der Waals surface area contributed by atoms with Gasteiger partial charge in [0.25, 0.3) is 11.8 Å². The van der Waals surface area contributed by atoms with Crippen LogP contribution in [0.4, 0.5) is 9.59 Å². The summed E-state index contributed by atoms with van der Waals surface area (Å²) < 4.78 is 11.5. The minimum Gasteiger partial charge on any atom is -0.444 e. The second kappa shape index (κ2) is 17.8. The molecule has 19 nitrogen and oxygen atoms in total. The number of amides is 6. The largest absolute Gasteiger partial charge is 0.444 e. The van der Waals surface area contributed by atoms with E-state index in [2.05, 4.69) is 10.6 Å². The molecule has 1 aromatic carbocycles. The zero-order chi connectivity index (χ0) is 44.5. The van der Waals surface area contributed by atoms with Crippen molar-refractivity contribution in [3.05, 3.63) is 35.9 Å². The number of nitrogens with one attached hydrogen (secondary N) is 2. The number of hydroxylamine groups is 2. The van der Waals surface area contributed by atoms with Gasteiger partial charge in [-0.25, -0.2) is 14.7 Å². The van der Waals surface area contributed by atoms with E-state index in [1.807, 2.05) is 30.3 Å². The molecule has 4 aliphatic heterocycles. The van der Waals surface area contributed by atoms with Gasteiger partial charge in [0.15, 0.2) is 0 Å². The van der Waals surface area contributed by atoms with Crippen molar-refractivity contribution in [2.45, 2.75) is 146 Å². The van der Waals surface area contributed by atoms with Crippen molar-refractivity contribution in [1.82, 2.24) is 35.3 Å². The molecule has 8 atom stereocenters. The lowest BCUT2D eigenvalue weighted by molar-refractivity contribution is -0.241. The van der Waals surface area contributed by atoms with E-state index >= 15 is 0 Å². The number of aliphatic hydroxyl groups excluding tert-OH is 2. The molecule has 4 saturated heterocycles. The van der Waals surface area contributed by atoms with E-state index in [0.29, 0.717) is 25.7 Å². The molecule has 6 amide bonds. The monoisotopic (exact) mass is 844 g/mol. The van der Waals surface area contributed by atoms with Crippen molar-refractivity contribution < 1.29 is 53.3 Å². The number of likely N-dealkylation sites (N-methyl/N-ethyl adjacent to an activating group) is 1. The van der Waals surface area contributed by atoms with Crippen molar-refractivity contribution in [2.24, 2.45) is 5.73 Å². The summed E-state index contributed by atoms with van der Waals surface area (Å²) in [6.07, 6.45) is -2.21. The van der Waals surface area contributed by atoms with E-state index in [0.717, 1.165) is 5.56 Å². The summed E-state index contributed by atoms with van der Waals surface area (Å²) in [6, 6.07) is 6.04. The molecule has 4 heterocycles. The first-order valence-corrected chi connectivity index (χ1v) is 20.6. The first-order valence-electron chi connectivity index (χ1n) is 20.6. The van der Waals surface area contributed by atoms with Gasteiger partial charge in [-0.15, -0.1) is 0 Å². The predicted octanol–water partition coefficient (Wildman–Crippen LogP) is 0.658. The number of nitrogens with zero attached hydrogens (tertiary/aromatic N) is 5. The Labute approximate surface area is 351 Å². The van der Waals surface area contributed by atoms with Crippen LogP contribution in [0.3, 0.4) is 0 Å². The van der Waals surface area contributed by atoms with Gasteiger partial charge in [0.05, 0.1) is 32.0 Å². The van der Waals surface area contributed by atoms with Gasteiger partial charge in [-0.05, 0) is 86.6 Å². The Kier molecular flexibility index (Phi) is 13.8. The number of hydrogen-bond donors (Lipinski definition) is 5. The molecule has 0 aliphatic carbocycles. The molecular weight excluding hydrogens is 780 g/mol. The van der Waals surface area contributed by atoms with Gasteiger partial charge in [0.2, 0.25) is 11.8 Å². The summed E-state index contributed by atoms with van der Waals surface area (Å²) in [5.41, 5.74) is 2.18. The van der Waals surface area contributed by atoms with Crippen LogP contribution >= 0.6 is 0 Å². The highest BCUT2D eigenvalue weighted by atomic mass is 16.7. The van der Waals surface area contributed by atoms with Gasteiger partial charge in [-0.1, -0.05) is 30.3 Å². The molecule has 0 aromatic heterocycles. The number of nitrogens with two attached hydrogens (primary N) is 1. The molecule has 5 rings (SSSR count). The number of aliphatic hydroxyl groups is 2. The summed E-state index contributed by atoms with van der Waals surface area (Å²) in [6.45, 7) is 13.6. The average Bonchev–Trinajstić information content (AvgIpc) is 3.73. The number of likely N-dealkylation sites (tertiary alicyclic amines) is 3. The Morgan fingerprint density at radius 2 is 1.30 bits per heavy atom. The van der Waals surface area contributed by atoms with Gasteiger partial charge in [-0.3, -0.25) is 33.8 Å². The van der Waals surface area contributed by atoms with Crippen LogP contribution < -0.4 is 16.4 Å². The lowest BCUT2D eigenvalue weighted by atomic mass is 9.86. The maximum absolute atomic E-state index is 14.0. The molecule has 60 heavy (non-hydrogen) atoms. The third-order valence-corrected chi connectivity index (χ3v) is 11.5. The number of hydrogen-bond acceptors (Lipinski definition) is 13. The van der Waals surface area contributed by atoms with Gasteiger partial charge < -0.3 is 45.9 Å². The fourth-order valence-corrected chi connectivity index (χ4v) is 8.58. The minimum atomic E-state index is -1.25. The van der Waals surface area contributed by atoms with E-state index in [1.165, 1.54) is 45.6 Å². The maximum atomic E-state index is 14.0. The third-order valence-electron chi connectivity index (χ3n) is 11.5. The van der Waals surface area contributed by atoms with E-state index in [1.54, 1.807) is 41.5 Å². The number of rotatable bonds is 15. The standard InChI is InChI=1S/C41H64N8O11/c1-25(50)30(32(42)52)43-19-28-15-17-40(48(28)36(56)59-38(3,4)5)22-46(34(40)54)24-45(9)33(53)31(26(2)51)44-20-29-16-18-41(49(29)37(57)60-39(6,7)8)23-47(35(41)55)58-21-27-13-11-10-12-14-27/h10-14,25-26,28-31,43-44,50-51H,15-24H2,1-9H3,(H2,42,52)/t25-,26-,28?,29?,30+,31+,40?,41?/m1/s1. The molecule has 0 saturated carbocycles. The highest BCUT2D eigenvalue weighted by Crippen LogP contribution is 2.44. The van der Waals surface area contributed by atoms with Crippen LogP contribution in [0, 0.1) is 0 Å². The number of carbonyl (C=O) groups is 6. The Morgan fingerprint density at radius 3 is 1.73 bits per heavy atom. The first kappa shape index (κ1) is 46.5. The van der Waals surface area contributed by atoms with Crippen LogP contribution in [-0.4, -0.2) is 169 Å². The Balaban J connectivity index is 1.24. The number of benzene rings is 1. The average molecular weight is 845 g/mol. The van der Waals surface area contributed by atoms with E-state index in [9.17, 15) is 39.0 Å². The smallest absolute Gasteiger partial charge is 0.411 e. The molecule has 4 unspecified atom stereocenters. The summed E-state index contributed by atoms with van der Waals surface area (Å²) in [5, 5.41) is 28.2. The molecule has 1 aromatic rings. The molecule has 4 fully saturated rings. The van der Waals surface area contributed by atoms with Crippen molar-refractivity contribution >= 4 is 35.8 Å². The minimum absolute atomic E-state index is 0.0476. The Hall–Kier alpha value is -4.56. The van der Waals surface area contributed by atoms with Crippen LogP contribution in [0.2, 0.25) is 0 Å². The maximum Gasteiger partial charge on any atom is 0.411 e. The van der Waals surface area contributed by atoms with Gasteiger partial charge in [-0.2, -0.15) is 0 Å². The molecular formula is C41H64N8O11. The fraction of sp³-hybridized carbons (Fsp3) is 0.707. The second-order valence-corrected chi connectivity index (χ2v) is 18.6. The Morgan fingerprint density at radius 1 is 0.817 bits per heavy atom. The molecule has 4 aliphatic rings. The van der Waals surface area contributed by atoms with E-state index in [-0.39, 0.29) is 45.4 Å². The molecule has 2 spiro atoms. The van der Waals surface area contributed by atoms with E-state index in [4.69, 9.17) is 20.0 Å². The zero-order valence-electron chi connectivity index (χ0n) is 36.3. The first-order chi connectivity index (χ1) is 27.9. The third kappa shape index (κ3) is 9.80. The molecule has 0 bridgehead atoms. The van der Waals surface area contributed by atoms with Crippen LogP contribution in [0.25, 0.3) is 0 Å². The van der Waals surface area contributed by atoms with Crippen molar-refractivity contribution in [2.75, 3.05) is 39.9 Å². The van der Waals surface area contributed by atoms with Crippen molar-refractivity contribution in [3.63, 3.8) is 0 Å². The normalized spacial score (nSPS) is 26.1. The number of carbonyl (C=O) groups excluding carboxylic acids is 6.